The lowest BCUT2D eigenvalue weighted by atomic mass is 10.1. The fourth-order valence-corrected chi connectivity index (χ4v) is 2.16. The Hall–Kier alpha value is -1.65. The van der Waals surface area contributed by atoms with Crippen LogP contribution in [0.3, 0.4) is 0 Å². The second-order valence-corrected chi connectivity index (χ2v) is 4.20. The van der Waals surface area contributed by atoms with Crippen LogP contribution in [0.1, 0.15) is 16.8 Å². The summed E-state index contributed by atoms with van der Waals surface area (Å²) in [5.74, 6) is 0. The summed E-state index contributed by atoms with van der Waals surface area (Å²) in [7, 11) is 0. The van der Waals surface area contributed by atoms with E-state index in [1.54, 1.807) is 0 Å². The highest BCUT2D eigenvalue weighted by Crippen LogP contribution is 2.20. The smallest absolute Gasteiger partial charge is 0.0892 e. The van der Waals surface area contributed by atoms with Gasteiger partial charge in [0, 0.05) is 6.54 Å². The summed E-state index contributed by atoms with van der Waals surface area (Å²) in [6.07, 6.45) is 2.89. The Kier molecular flexibility index (Phi) is 2.66. The van der Waals surface area contributed by atoms with Crippen molar-refractivity contribution >= 4 is 0 Å². The largest absolute Gasteiger partial charge is 0.375 e. The Balaban J connectivity index is 2.05. The average Bonchev–Trinajstić information content (AvgIpc) is 2.82. The molecule has 1 aliphatic heterocycles. The summed E-state index contributed by atoms with van der Waals surface area (Å²) in [5.41, 5.74) is 10.3. The van der Waals surface area contributed by atoms with Gasteiger partial charge in [0.15, 0.2) is 0 Å². The van der Waals surface area contributed by atoms with Crippen LogP contribution in [-0.4, -0.2) is 16.4 Å². The van der Waals surface area contributed by atoms with Crippen LogP contribution in [-0.2, 0) is 24.3 Å². The van der Waals surface area contributed by atoms with Crippen molar-refractivity contribution in [1.29, 1.82) is 0 Å². The fraction of sp³-hybridized carbons (Fsp3) is 0.308. The molecule has 0 aliphatic carbocycles. The zero-order chi connectivity index (χ0) is 11.7. The van der Waals surface area contributed by atoms with Crippen LogP contribution in [0.15, 0.2) is 30.5 Å². The number of aromatic nitrogens is 2. The van der Waals surface area contributed by atoms with Gasteiger partial charge in [0.05, 0.1) is 30.8 Å². The Morgan fingerprint density at radius 3 is 3.24 bits per heavy atom. The van der Waals surface area contributed by atoms with E-state index < -0.39 is 0 Å². The molecule has 88 valence electrons. The van der Waals surface area contributed by atoms with Crippen LogP contribution in [0, 0.1) is 0 Å². The highest BCUT2D eigenvalue weighted by atomic mass is 16.5. The molecule has 1 aromatic heterocycles. The molecule has 0 radical (unpaired) electrons. The molecule has 0 spiro atoms. The van der Waals surface area contributed by atoms with Gasteiger partial charge < -0.3 is 10.5 Å². The Bertz CT molecular complexity index is 533. The number of nitrogens with zero attached hydrogens (tertiary/aromatic N) is 2. The molecule has 1 aliphatic rings. The minimum atomic E-state index is 0.549. The van der Waals surface area contributed by atoms with Gasteiger partial charge in [0.1, 0.15) is 0 Å². The van der Waals surface area contributed by atoms with Crippen LogP contribution in [0.4, 0.5) is 0 Å². The van der Waals surface area contributed by atoms with Gasteiger partial charge in [-0.1, -0.05) is 12.1 Å². The van der Waals surface area contributed by atoms with Crippen LogP contribution in [0.25, 0.3) is 5.69 Å². The second-order valence-electron chi connectivity index (χ2n) is 4.20. The second kappa shape index (κ2) is 4.31. The Morgan fingerprint density at radius 2 is 2.35 bits per heavy atom. The lowest BCUT2D eigenvalue weighted by Crippen LogP contribution is -2.12. The summed E-state index contributed by atoms with van der Waals surface area (Å²) in [4.78, 5) is 0. The van der Waals surface area contributed by atoms with E-state index >= 15 is 0 Å². The lowest BCUT2D eigenvalue weighted by Gasteiger charge is -2.15. The van der Waals surface area contributed by atoms with Gasteiger partial charge in [-0.15, -0.1) is 0 Å². The van der Waals surface area contributed by atoms with Gasteiger partial charge in [-0.3, -0.25) is 0 Å². The molecule has 0 atom stereocenters. The molecular formula is C13H15N3O. The number of hydrogen-bond donors (Lipinski definition) is 1. The third kappa shape index (κ3) is 1.85. The highest BCUT2D eigenvalue weighted by Gasteiger charge is 2.16. The first-order valence-electron chi connectivity index (χ1n) is 5.81. The molecule has 2 N–H and O–H groups in total. The highest BCUT2D eigenvalue weighted by molar-refractivity contribution is 5.38. The van der Waals surface area contributed by atoms with E-state index in [1.165, 1.54) is 5.56 Å². The minimum absolute atomic E-state index is 0.549. The van der Waals surface area contributed by atoms with Crippen molar-refractivity contribution in [2.45, 2.75) is 19.6 Å². The molecule has 3 rings (SSSR count). The summed E-state index contributed by atoms with van der Waals surface area (Å²) >= 11 is 0. The third-order valence-corrected chi connectivity index (χ3v) is 3.10. The minimum Gasteiger partial charge on any atom is -0.375 e. The standard InChI is InChI=1S/C13H15N3O/c14-7-10-2-1-3-12(6-10)16-13-9-17-5-4-11(13)8-15-16/h1-3,6,8H,4-5,7,9,14H2. The molecule has 0 saturated heterocycles. The van der Waals surface area contributed by atoms with Crippen molar-refractivity contribution in [3.8, 4) is 5.69 Å². The van der Waals surface area contributed by atoms with Gasteiger partial charge in [0.25, 0.3) is 0 Å². The normalized spacial score (nSPS) is 14.6. The molecule has 0 unspecified atom stereocenters. The average molecular weight is 229 g/mol. The molecule has 4 heteroatoms. The van der Waals surface area contributed by atoms with E-state index in [9.17, 15) is 0 Å². The molecule has 0 bridgehead atoms. The first-order valence-corrected chi connectivity index (χ1v) is 5.81. The Labute approximate surface area is 100 Å². The SMILES string of the molecule is NCc1cccc(-n2ncc3c2COCC3)c1. The summed E-state index contributed by atoms with van der Waals surface area (Å²) in [6.45, 7) is 1.98. The molecule has 0 saturated carbocycles. The quantitative estimate of drug-likeness (QED) is 0.847. The van der Waals surface area contributed by atoms with Crippen LogP contribution in [0.5, 0.6) is 0 Å². The van der Waals surface area contributed by atoms with Gasteiger partial charge in [-0.2, -0.15) is 5.10 Å². The zero-order valence-electron chi connectivity index (χ0n) is 9.60. The van der Waals surface area contributed by atoms with Crippen molar-refractivity contribution in [2.75, 3.05) is 6.61 Å². The molecule has 4 nitrogen and oxygen atoms in total. The monoisotopic (exact) mass is 229 g/mol. The van der Waals surface area contributed by atoms with Crippen LogP contribution in [0.2, 0.25) is 0 Å². The van der Waals surface area contributed by atoms with Crippen LogP contribution < -0.4 is 5.73 Å². The van der Waals surface area contributed by atoms with Gasteiger partial charge in [-0.25, -0.2) is 4.68 Å². The molecular weight excluding hydrogens is 214 g/mol. The van der Waals surface area contributed by atoms with E-state index in [-0.39, 0.29) is 0 Å². The predicted molar refractivity (Wildman–Crippen MR) is 64.8 cm³/mol. The molecule has 2 aromatic rings. The maximum atomic E-state index is 5.66. The molecule has 0 fully saturated rings. The van der Waals surface area contributed by atoms with E-state index in [4.69, 9.17) is 10.5 Å². The van der Waals surface area contributed by atoms with E-state index in [0.29, 0.717) is 13.2 Å². The number of rotatable bonds is 2. The maximum Gasteiger partial charge on any atom is 0.0892 e. The van der Waals surface area contributed by atoms with Gasteiger partial charge >= 0.3 is 0 Å². The summed E-state index contributed by atoms with van der Waals surface area (Å²) < 4.78 is 7.44. The number of nitrogens with two attached hydrogens (primary N) is 1. The molecule has 17 heavy (non-hydrogen) atoms. The first-order chi connectivity index (χ1) is 8.38. The van der Waals surface area contributed by atoms with E-state index in [1.807, 2.05) is 29.1 Å². The number of fused-ring (bicyclic) bond motifs is 1. The summed E-state index contributed by atoms with van der Waals surface area (Å²) in [6, 6.07) is 8.15. The topological polar surface area (TPSA) is 53.1 Å². The van der Waals surface area contributed by atoms with Crippen molar-refractivity contribution in [2.24, 2.45) is 5.73 Å². The Morgan fingerprint density at radius 1 is 1.41 bits per heavy atom. The fourth-order valence-electron chi connectivity index (χ4n) is 2.16. The van der Waals surface area contributed by atoms with Gasteiger partial charge in [0.2, 0.25) is 0 Å². The lowest BCUT2D eigenvalue weighted by molar-refractivity contribution is 0.106. The van der Waals surface area contributed by atoms with Crippen LogP contribution >= 0.6 is 0 Å². The number of benzene rings is 1. The van der Waals surface area contributed by atoms with E-state index in [0.717, 1.165) is 30.0 Å². The predicted octanol–water partition coefficient (Wildman–Crippen LogP) is 1.40. The summed E-state index contributed by atoms with van der Waals surface area (Å²) in [5, 5.41) is 4.44. The van der Waals surface area contributed by atoms with Crippen molar-refractivity contribution in [1.82, 2.24) is 9.78 Å². The van der Waals surface area contributed by atoms with Gasteiger partial charge in [-0.05, 0) is 29.7 Å². The van der Waals surface area contributed by atoms with Crippen molar-refractivity contribution < 1.29 is 4.74 Å². The zero-order valence-corrected chi connectivity index (χ0v) is 9.60. The maximum absolute atomic E-state index is 5.66. The van der Waals surface area contributed by atoms with Crippen molar-refractivity contribution in [3.05, 3.63) is 47.3 Å². The molecule has 2 heterocycles. The van der Waals surface area contributed by atoms with E-state index in [2.05, 4.69) is 11.2 Å². The molecule has 1 aromatic carbocycles. The first kappa shape index (κ1) is 10.5. The number of hydrogen-bond acceptors (Lipinski definition) is 3. The molecule has 0 amide bonds. The van der Waals surface area contributed by atoms with Crippen molar-refractivity contribution in [3.63, 3.8) is 0 Å². The third-order valence-electron chi connectivity index (χ3n) is 3.10. The number of ether oxygens (including phenoxy) is 1.